The highest BCUT2D eigenvalue weighted by Crippen LogP contribution is 2.30. The zero-order chi connectivity index (χ0) is 82.2. The molecule has 0 spiro atoms. The van der Waals surface area contributed by atoms with Gasteiger partial charge in [-0.15, -0.1) is 0 Å². The van der Waals surface area contributed by atoms with Crippen LogP contribution in [0.1, 0.15) is 77.5 Å². The number of rotatable bonds is 27. The number of ether oxygens (including phenoxy) is 11. The van der Waals surface area contributed by atoms with Crippen LogP contribution in [-0.4, -0.2) is 252 Å². The number of amides is 1. The molecule has 620 valence electrons. The zero-order valence-corrected chi connectivity index (χ0v) is 65.0. The van der Waals surface area contributed by atoms with Gasteiger partial charge in [-0.1, -0.05) is 23.2 Å². The van der Waals surface area contributed by atoms with Crippen LogP contribution in [0.3, 0.4) is 0 Å². The van der Waals surface area contributed by atoms with Gasteiger partial charge in [0.25, 0.3) is 0 Å². The molecule has 12 rings (SSSR count). The summed E-state index contributed by atoms with van der Waals surface area (Å²) in [5.74, 6) is -5.26. The predicted octanol–water partition coefficient (Wildman–Crippen LogP) is 10.7. The number of hydrogen-bond acceptors (Lipinski definition) is 26. The van der Waals surface area contributed by atoms with E-state index < -0.39 is 58.6 Å². The molecule has 8 aromatic rings. The minimum atomic E-state index is -0.756. The number of anilines is 1. The van der Waals surface area contributed by atoms with E-state index >= 15 is 0 Å². The van der Waals surface area contributed by atoms with E-state index in [0.717, 1.165) is 186 Å². The molecule has 4 aliphatic heterocycles. The summed E-state index contributed by atoms with van der Waals surface area (Å²) in [5, 5.41) is 20.1. The Balaban J connectivity index is 0.000000200. The third-order valence-electron chi connectivity index (χ3n) is 17.0. The molecule has 6 N–H and O–H groups in total. The first kappa shape index (κ1) is 91.3. The molecule has 0 atom stereocenters. The van der Waals surface area contributed by atoms with Crippen molar-refractivity contribution in [1.29, 1.82) is 0 Å². The van der Waals surface area contributed by atoms with Crippen LogP contribution in [0.15, 0.2) is 109 Å². The number of halogens is 8. The molecule has 0 saturated carbocycles. The van der Waals surface area contributed by atoms with Crippen molar-refractivity contribution < 1.29 is 108 Å². The standard InChI is InChI=1S/C21H21ClF2N4O3.C16H23FN2O4.C16H22FNO4.C15H17ClFN3O2.C9H9FO3.CH3NO/c22-16-10-14(2-3-17(16)23)26-21-15-11-18(24)20(12-19(15)28(29)13-25-21)31-7-1-4-27-5-8-30-9-6-27;1-2-22-16(20)12-10-15(13(17)11-14(12)18)23-7-3-4-19-5-8-21-9-6-19;1-2-21-16(19)13-4-5-14(17)15(12-13)22-9-3-6-18-7-10-20-11-8-18;16-15-11-8-14(12(17)9-13(11)18-10-19-15)22-5-1-2-20-3-6-21-7-4-20;1-2-13-9(12)6-3-4-7(10)8(11)5-6;2-1-3/h2-3,10-13,29H,1,4-9H2;10-11H,2-9,18H2,1H3;4-5,12H,2-3,6-11H2,1H3;8-10H,1-7H2;3-5,11H,2H2,1H3;1H,(H2,2,3). The Morgan fingerprint density at radius 3 is 1.40 bits per heavy atom. The van der Waals surface area contributed by atoms with Gasteiger partial charge in [0.1, 0.15) is 23.6 Å². The van der Waals surface area contributed by atoms with E-state index in [1.807, 2.05) is 0 Å². The average molecular weight is 1640 g/mol. The van der Waals surface area contributed by atoms with Crippen LogP contribution in [0.5, 0.6) is 28.7 Å². The molecule has 0 bridgehead atoms. The van der Waals surface area contributed by atoms with Gasteiger partial charge in [0.05, 0.1) is 138 Å². The van der Waals surface area contributed by atoms with Gasteiger partial charge >= 0.3 is 17.9 Å². The normalized spacial score (nSPS) is 14.6. The molecule has 0 unspecified atom stereocenters. The summed E-state index contributed by atoms with van der Waals surface area (Å²) in [7, 11) is 0. The number of benzene rings is 6. The van der Waals surface area contributed by atoms with Gasteiger partial charge in [0, 0.05) is 113 Å². The van der Waals surface area contributed by atoms with Crippen LogP contribution in [0.25, 0.3) is 21.8 Å². The van der Waals surface area contributed by atoms with Crippen molar-refractivity contribution in [3.63, 3.8) is 0 Å². The quantitative estimate of drug-likeness (QED) is 0.00543. The maximum Gasteiger partial charge on any atom is 0.340 e. The lowest BCUT2D eigenvalue weighted by molar-refractivity contribution is -0.106. The molecule has 0 radical (unpaired) electrons. The lowest BCUT2D eigenvalue weighted by atomic mass is 10.1. The van der Waals surface area contributed by atoms with Crippen molar-refractivity contribution >= 4 is 80.7 Å². The summed E-state index contributed by atoms with van der Waals surface area (Å²) >= 11 is 11.8. The second-order valence-electron chi connectivity index (χ2n) is 25.0. The Labute approximate surface area is 665 Å². The van der Waals surface area contributed by atoms with Gasteiger partial charge in [0.2, 0.25) is 6.41 Å². The molecule has 1 amide bonds. The molecular weight excluding hydrogens is 1550 g/mol. The Morgan fingerprint density at radius 2 is 0.930 bits per heavy atom. The SMILES string of the molecule is CCOC(=O)c1cc(OCCCN2CCOCC2)c(F)cc1N.CCOC(=O)c1ccc(F)c(O)c1.CCOC(=O)c1ccc(F)c(OCCCN2CCOCC2)c1.Fc1cc2ncnc(Cl)c2cc1OCCCN1CCOCC1.NC=O.On1cnc(=Nc2ccc(F)c(Cl)c2)c2cc(F)c(OCCCN3CCOCC3)cc21. The highest BCUT2D eigenvalue weighted by Gasteiger charge is 2.21. The molecule has 4 fully saturated rings. The number of aromatic nitrogens is 4. The molecule has 4 aliphatic rings. The van der Waals surface area contributed by atoms with E-state index in [1.165, 1.54) is 73.1 Å². The largest absolute Gasteiger partial charge is 0.505 e. The van der Waals surface area contributed by atoms with Crippen molar-refractivity contribution in [2.45, 2.75) is 46.5 Å². The van der Waals surface area contributed by atoms with E-state index in [9.17, 15) is 45.9 Å². The van der Waals surface area contributed by atoms with Gasteiger partial charge in [-0.25, -0.2) is 60.7 Å². The minimum Gasteiger partial charge on any atom is -0.505 e. The first-order chi connectivity index (χ1) is 55.1. The maximum atomic E-state index is 14.7. The molecule has 114 heavy (non-hydrogen) atoms. The number of aromatic hydroxyl groups is 1. The second-order valence-corrected chi connectivity index (χ2v) is 25.8. The molecular formula is C78H95Cl2F6N11O17. The molecule has 36 heteroatoms. The smallest absolute Gasteiger partial charge is 0.340 e. The van der Waals surface area contributed by atoms with Crippen molar-refractivity contribution in [1.82, 2.24) is 39.3 Å². The number of nitrogens with zero attached hydrogens (tertiary/aromatic N) is 9. The van der Waals surface area contributed by atoms with Crippen molar-refractivity contribution in [2.75, 3.05) is 183 Å². The van der Waals surface area contributed by atoms with Crippen LogP contribution in [-0.2, 0) is 38.0 Å². The van der Waals surface area contributed by atoms with Crippen molar-refractivity contribution in [3.05, 3.63) is 171 Å². The number of hydrogen-bond donors (Lipinski definition) is 4. The average Bonchev–Trinajstić information content (AvgIpc) is 0.778. The third-order valence-corrected chi connectivity index (χ3v) is 17.6. The van der Waals surface area contributed by atoms with Crippen LogP contribution in [0.4, 0.5) is 37.7 Å². The third kappa shape index (κ3) is 30.5. The lowest BCUT2D eigenvalue weighted by Crippen LogP contribution is -2.37. The summed E-state index contributed by atoms with van der Waals surface area (Å²) in [6, 6.07) is 19.1. The fourth-order valence-electron chi connectivity index (χ4n) is 11.2. The van der Waals surface area contributed by atoms with Crippen LogP contribution >= 0.6 is 23.2 Å². The second kappa shape index (κ2) is 49.7. The Morgan fingerprint density at radius 1 is 0.509 bits per heavy atom. The number of carbonyl (C=O) groups excluding carboxylic acids is 4. The predicted molar refractivity (Wildman–Crippen MR) is 411 cm³/mol. The molecule has 6 aromatic carbocycles. The monoisotopic (exact) mass is 1640 g/mol. The first-order valence-electron chi connectivity index (χ1n) is 36.9. The fraction of sp³-hybridized carbons (Fsp3) is 0.436. The number of morpholine rings is 4. The number of phenolic OH excluding ortho intramolecular Hbond substituents is 1. The summed E-state index contributed by atoms with van der Waals surface area (Å²) in [5.41, 5.74) is 11.7. The number of nitrogens with two attached hydrogens (primary N) is 2. The molecule has 28 nitrogen and oxygen atoms in total. The highest BCUT2D eigenvalue weighted by atomic mass is 35.5. The van der Waals surface area contributed by atoms with Gasteiger partial charge < -0.3 is 73.9 Å². The number of carbonyl (C=O) groups is 4. The number of nitrogen functional groups attached to an aromatic ring is 1. The van der Waals surface area contributed by atoms with Crippen molar-refractivity contribution in [2.24, 2.45) is 10.7 Å². The summed E-state index contributed by atoms with van der Waals surface area (Å²) in [6.07, 6.45) is 5.83. The minimum absolute atomic E-state index is 0.0178. The van der Waals surface area contributed by atoms with Gasteiger partial charge in [0.15, 0.2) is 63.3 Å². The first-order valence-corrected chi connectivity index (χ1v) is 37.6. The molecule has 4 saturated heterocycles. The molecule has 0 aliphatic carbocycles. The summed E-state index contributed by atoms with van der Waals surface area (Å²) < 4.78 is 141. The van der Waals surface area contributed by atoms with Gasteiger partial charge in [-0.3, -0.25) is 24.4 Å². The maximum absolute atomic E-state index is 14.7. The highest BCUT2D eigenvalue weighted by molar-refractivity contribution is 6.34. The van der Waals surface area contributed by atoms with E-state index in [1.54, 1.807) is 26.8 Å². The van der Waals surface area contributed by atoms with Gasteiger partial charge in [-0.05, 0) is 119 Å². The van der Waals surface area contributed by atoms with Crippen LogP contribution in [0.2, 0.25) is 10.2 Å². The Hall–Kier alpha value is -9.88. The van der Waals surface area contributed by atoms with Crippen LogP contribution in [0, 0.1) is 34.9 Å². The van der Waals surface area contributed by atoms with E-state index in [-0.39, 0.29) is 87.5 Å². The van der Waals surface area contributed by atoms with Crippen molar-refractivity contribution in [3.8, 4) is 28.7 Å². The van der Waals surface area contributed by atoms with Gasteiger partial charge in [-0.2, -0.15) is 4.73 Å². The number of esters is 3. The lowest BCUT2D eigenvalue weighted by Gasteiger charge is -2.26. The van der Waals surface area contributed by atoms with E-state index in [4.69, 9.17) is 86.2 Å². The Bertz CT molecular complexity index is 4430. The summed E-state index contributed by atoms with van der Waals surface area (Å²) in [4.78, 5) is 68.4. The zero-order valence-electron chi connectivity index (χ0n) is 63.5. The summed E-state index contributed by atoms with van der Waals surface area (Å²) in [6.45, 7) is 24.2. The number of fused-ring (bicyclic) bond motifs is 2. The fourth-order valence-corrected chi connectivity index (χ4v) is 11.6. The Kier molecular flexibility index (Phi) is 39.8. The van der Waals surface area contributed by atoms with Crippen LogP contribution < -0.4 is 35.9 Å². The molecule has 6 heterocycles. The number of primary amides is 1. The topological polar surface area (TPSA) is 331 Å². The molecule has 2 aromatic heterocycles. The van der Waals surface area contributed by atoms with E-state index in [2.05, 4.69) is 50.0 Å². The van der Waals surface area contributed by atoms with E-state index in [0.29, 0.717) is 53.7 Å². The number of phenols is 1.